The first kappa shape index (κ1) is 24.2. The smallest absolute Gasteiger partial charge is 0.237 e. The van der Waals surface area contributed by atoms with Crippen LogP contribution in [-0.4, -0.2) is 36.0 Å². The number of nitrogens with zero attached hydrogens (tertiary/aromatic N) is 1. The van der Waals surface area contributed by atoms with Gasteiger partial charge in [0.25, 0.3) is 0 Å². The average molecular weight is 390 g/mol. The third-order valence-electron chi connectivity index (χ3n) is 4.65. The van der Waals surface area contributed by atoms with Crippen molar-refractivity contribution in [1.29, 1.82) is 0 Å². The third-order valence-corrected chi connectivity index (χ3v) is 4.65. The minimum absolute atomic E-state index is 0. The summed E-state index contributed by atoms with van der Waals surface area (Å²) in [5, 5.41) is 3.13. The minimum atomic E-state index is -0.375. The maximum absolute atomic E-state index is 12.1. The molecular weight excluding hydrogens is 357 g/mol. The Morgan fingerprint density at radius 1 is 1.24 bits per heavy atom. The van der Waals surface area contributed by atoms with Crippen molar-refractivity contribution < 1.29 is 4.79 Å². The van der Waals surface area contributed by atoms with Crippen LogP contribution in [0.4, 0.5) is 0 Å². The van der Waals surface area contributed by atoms with Gasteiger partial charge in [0, 0.05) is 25.7 Å². The molecule has 1 atom stereocenters. The zero-order valence-corrected chi connectivity index (χ0v) is 17.2. The summed E-state index contributed by atoms with van der Waals surface area (Å²) in [7, 11) is 0. The van der Waals surface area contributed by atoms with Gasteiger partial charge < -0.3 is 11.1 Å². The lowest BCUT2D eigenvalue weighted by atomic mass is 10.0. The molecule has 0 unspecified atom stereocenters. The molecule has 1 fully saturated rings. The van der Waals surface area contributed by atoms with E-state index in [1.54, 1.807) is 0 Å². The molecule has 0 aromatic heterocycles. The maximum Gasteiger partial charge on any atom is 0.237 e. The fourth-order valence-corrected chi connectivity index (χ4v) is 3.19. The first-order valence-corrected chi connectivity index (χ1v) is 8.78. The lowest BCUT2D eigenvalue weighted by Gasteiger charge is -2.33. The van der Waals surface area contributed by atoms with Crippen molar-refractivity contribution in [2.24, 2.45) is 11.7 Å². The van der Waals surface area contributed by atoms with Crippen LogP contribution in [0.5, 0.6) is 0 Å². The number of aryl methyl sites for hydroxylation is 1. The summed E-state index contributed by atoms with van der Waals surface area (Å²) in [5.74, 6) is 0.461. The van der Waals surface area contributed by atoms with Crippen LogP contribution in [0.1, 0.15) is 44.2 Å². The predicted octanol–water partition coefficient (Wildman–Crippen LogP) is 3.29. The fourth-order valence-electron chi connectivity index (χ4n) is 3.19. The molecule has 6 heteroatoms. The van der Waals surface area contributed by atoms with E-state index in [2.05, 4.69) is 55.3 Å². The van der Waals surface area contributed by atoms with Gasteiger partial charge in [0.1, 0.15) is 0 Å². The summed E-state index contributed by atoms with van der Waals surface area (Å²) >= 11 is 0. The van der Waals surface area contributed by atoms with Gasteiger partial charge in [-0.3, -0.25) is 9.69 Å². The largest absolute Gasteiger partial charge is 0.352 e. The van der Waals surface area contributed by atoms with Gasteiger partial charge in [0.2, 0.25) is 5.91 Å². The molecule has 0 aliphatic carbocycles. The molecule has 2 rings (SSSR count). The average Bonchev–Trinajstić information content (AvgIpc) is 2.50. The Morgan fingerprint density at radius 2 is 1.84 bits per heavy atom. The lowest BCUT2D eigenvalue weighted by Crippen LogP contribution is -2.49. The van der Waals surface area contributed by atoms with Gasteiger partial charge in [-0.1, -0.05) is 38.1 Å². The van der Waals surface area contributed by atoms with Crippen molar-refractivity contribution in [2.75, 3.05) is 13.1 Å². The fraction of sp³-hybridized carbons (Fsp3) is 0.632. The highest BCUT2D eigenvalue weighted by molar-refractivity contribution is 5.85. The topological polar surface area (TPSA) is 58.4 Å². The molecule has 144 valence electrons. The van der Waals surface area contributed by atoms with Crippen LogP contribution in [0.15, 0.2) is 24.3 Å². The molecule has 1 aliphatic rings. The van der Waals surface area contributed by atoms with Gasteiger partial charge in [-0.15, -0.1) is 24.8 Å². The number of hydrogen-bond donors (Lipinski definition) is 2. The van der Waals surface area contributed by atoms with Crippen LogP contribution >= 0.6 is 24.8 Å². The van der Waals surface area contributed by atoms with Gasteiger partial charge in [0.15, 0.2) is 0 Å². The minimum Gasteiger partial charge on any atom is -0.352 e. The first-order valence-electron chi connectivity index (χ1n) is 8.78. The van der Waals surface area contributed by atoms with Crippen LogP contribution in [0.25, 0.3) is 0 Å². The summed E-state index contributed by atoms with van der Waals surface area (Å²) in [5.41, 5.74) is 8.71. The number of piperidine rings is 1. The number of halogens is 2. The number of amides is 1. The van der Waals surface area contributed by atoms with E-state index in [0.717, 1.165) is 38.9 Å². The van der Waals surface area contributed by atoms with Crippen molar-refractivity contribution in [3.63, 3.8) is 0 Å². The summed E-state index contributed by atoms with van der Waals surface area (Å²) in [6, 6.07) is 8.45. The van der Waals surface area contributed by atoms with Crippen LogP contribution in [0.2, 0.25) is 0 Å². The van der Waals surface area contributed by atoms with Gasteiger partial charge in [-0.25, -0.2) is 0 Å². The Labute approximate surface area is 164 Å². The van der Waals surface area contributed by atoms with Crippen molar-refractivity contribution in [1.82, 2.24) is 10.2 Å². The molecular formula is C19H33Cl2N3O. The molecule has 1 heterocycles. The normalized spacial score (nSPS) is 16.7. The molecule has 1 saturated heterocycles. The number of hydrogen-bond acceptors (Lipinski definition) is 3. The van der Waals surface area contributed by atoms with Crippen molar-refractivity contribution >= 4 is 30.7 Å². The van der Waals surface area contributed by atoms with Gasteiger partial charge >= 0.3 is 0 Å². The standard InChI is InChI=1S/C19H31N3O.2ClH/c1-14(2)12-18(20)19(23)21-17-8-10-22(11-9-17)13-16-7-5-4-6-15(16)3;;/h4-7,14,17-18H,8-13,20H2,1-3H3,(H,21,23);2*1H/t18-;;/m0../s1. The molecule has 0 saturated carbocycles. The zero-order chi connectivity index (χ0) is 16.8. The van der Waals surface area contributed by atoms with E-state index in [9.17, 15) is 4.79 Å². The number of likely N-dealkylation sites (tertiary alicyclic amines) is 1. The number of carbonyl (C=O) groups excluding carboxylic acids is 1. The second-order valence-corrected chi connectivity index (χ2v) is 7.22. The van der Waals surface area contributed by atoms with E-state index in [-0.39, 0.29) is 42.8 Å². The SMILES string of the molecule is Cc1ccccc1CN1CCC(NC(=O)[C@@H](N)CC(C)C)CC1.Cl.Cl. The molecule has 1 amide bonds. The highest BCUT2D eigenvalue weighted by atomic mass is 35.5. The Hall–Kier alpha value is -0.810. The maximum atomic E-state index is 12.1. The van der Waals surface area contributed by atoms with E-state index in [1.807, 2.05) is 0 Å². The summed E-state index contributed by atoms with van der Waals surface area (Å²) in [4.78, 5) is 14.6. The Morgan fingerprint density at radius 3 is 2.40 bits per heavy atom. The molecule has 1 aromatic carbocycles. The predicted molar refractivity (Wildman–Crippen MR) is 110 cm³/mol. The monoisotopic (exact) mass is 389 g/mol. The van der Waals surface area contributed by atoms with E-state index >= 15 is 0 Å². The summed E-state index contributed by atoms with van der Waals surface area (Å²) in [6.45, 7) is 9.41. The number of rotatable bonds is 6. The summed E-state index contributed by atoms with van der Waals surface area (Å²) < 4.78 is 0. The molecule has 25 heavy (non-hydrogen) atoms. The van der Waals surface area contributed by atoms with Crippen LogP contribution in [0.3, 0.4) is 0 Å². The van der Waals surface area contributed by atoms with Gasteiger partial charge in [-0.05, 0) is 43.2 Å². The van der Waals surface area contributed by atoms with Crippen LogP contribution in [0, 0.1) is 12.8 Å². The first-order chi connectivity index (χ1) is 11.0. The highest BCUT2D eigenvalue weighted by Gasteiger charge is 2.23. The molecule has 1 aliphatic heterocycles. The second-order valence-electron chi connectivity index (χ2n) is 7.22. The number of nitrogens with one attached hydrogen (secondary N) is 1. The number of benzene rings is 1. The molecule has 3 N–H and O–H groups in total. The zero-order valence-electron chi connectivity index (χ0n) is 15.5. The number of carbonyl (C=O) groups is 1. The second kappa shape index (κ2) is 11.7. The van der Waals surface area contributed by atoms with Gasteiger partial charge in [-0.2, -0.15) is 0 Å². The van der Waals surface area contributed by atoms with Crippen LogP contribution < -0.4 is 11.1 Å². The van der Waals surface area contributed by atoms with Crippen molar-refractivity contribution in [2.45, 2.75) is 58.7 Å². The quantitative estimate of drug-likeness (QED) is 0.784. The van der Waals surface area contributed by atoms with Crippen LogP contribution in [-0.2, 0) is 11.3 Å². The lowest BCUT2D eigenvalue weighted by molar-refractivity contribution is -0.123. The Balaban J connectivity index is 0.00000288. The van der Waals surface area contributed by atoms with E-state index in [4.69, 9.17) is 5.73 Å². The number of nitrogens with two attached hydrogens (primary N) is 1. The summed E-state index contributed by atoms with van der Waals surface area (Å²) in [6.07, 6.45) is 2.76. The molecule has 0 bridgehead atoms. The van der Waals surface area contributed by atoms with E-state index in [1.165, 1.54) is 11.1 Å². The van der Waals surface area contributed by atoms with Crippen molar-refractivity contribution in [3.8, 4) is 0 Å². The Kier molecular flexibility index (Phi) is 11.4. The molecule has 0 radical (unpaired) electrons. The van der Waals surface area contributed by atoms with E-state index in [0.29, 0.717) is 5.92 Å². The van der Waals surface area contributed by atoms with Crippen molar-refractivity contribution in [3.05, 3.63) is 35.4 Å². The highest BCUT2D eigenvalue weighted by Crippen LogP contribution is 2.16. The molecule has 4 nitrogen and oxygen atoms in total. The van der Waals surface area contributed by atoms with E-state index < -0.39 is 0 Å². The molecule has 0 spiro atoms. The van der Waals surface area contributed by atoms with Gasteiger partial charge in [0.05, 0.1) is 6.04 Å². The third kappa shape index (κ3) is 7.95. The Bertz CT molecular complexity index is 517. The molecule has 1 aromatic rings.